The van der Waals surface area contributed by atoms with Crippen molar-refractivity contribution in [1.29, 1.82) is 0 Å². The molecule has 2 aromatic rings. The van der Waals surface area contributed by atoms with E-state index in [1.807, 2.05) is 24.3 Å². The standard InChI is InChI=1S/C19H26N2O3S2/c1-26(23)14-16-15-6-2-3-7-17(15)25-18(16)19(22)20-8-4-5-9-21-10-12-24-13-11-21/h2-3,6-7H,4-5,8-14H2,1H3,(H,20,22)/t26-/m0/s1. The number of carbonyl (C=O) groups is 1. The summed E-state index contributed by atoms with van der Waals surface area (Å²) in [7, 11) is -0.979. The van der Waals surface area contributed by atoms with Gasteiger partial charge in [0.1, 0.15) is 0 Å². The van der Waals surface area contributed by atoms with Crippen molar-refractivity contribution in [2.75, 3.05) is 45.6 Å². The minimum absolute atomic E-state index is 0.0435. The number of nitrogens with one attached hydrogen (secondary N) is 1. The summed E-state index contributed by atoms with van der Waals surface area (Å²) in [6.45, 7) is 5.39. The third kappa shape index (κ3) is 5.13. The van der Waals surface area contributed by atoms with Crippen molar-refractivity contribution in [3.8, 4) is 0 Å². The summed E-state index contributed by atoms with van der Waals surface area (Å²) in [5, 5.41) is 4.09. The van der Waals surface area contributed by atoms with Crippen molar-refractivity contribution in [2.24, 2.45) is 0 Å². The maximum Gasteiger partial charge on any atom is 0.261 e. The molecule has 0 spiro atoms. The van der Waals surface area contributed by atoms with E-state index in [0.29, 0.717) is 17.2 Å². The molecule has 3 rings (SSSR count). The molecule has 1 amide bonds. The van der Waals surface area contributed by atoms with Gasteiger partial charge in [0.25, 0.3) is 5.91 Å². The second kappa shape index (κ2) is 9.60. The Morgan fingerprint density at radius 1 is 1.27 bits per heavy atom. The molecule has 0 saturated carbocycles. The minimum atomic E-state index is -0.979. The van der Waals surface area contributed by atoms with Crippen LogP contribution in [0, 0.1) is 0 Å². The summed E-state index contributed by atoms with van der Waals surface area (Å²) in [5.41, 5.74) is 0.914. The molecule has 1 aliphatic rings. The van der Waals surface area contributed by atoms with Crippen LogP contribution in [0.25, 0.3) is 10.1 Å². The quantitative estimate of drug-likeness (QED) is 0.700. The first kappa shape index (κ1) is 19.5. The number of ether oxygens (including phenoxy) is 1. The minimum Gasteiger partial charge on any atom is -0.379 e. The van der Waals surface area contributed by atoms with Crippen LogP contribution in [0.1, 0.15) is 28.1 Å². The van der Waals surface area contributed by atoms with Crippen LogP contribution in [0.2, 0.25) is 0 Å². The zero-order valence-corrected chi connectivity index (χ0v) is 16.8. The molecule has 1 aromatic heterocycles. The Morgan fingerprint density at radius 2 is 2.04 bits per heavy atom. The normalized spacial score (nSPS) is 16.7. The monoisotopic (exact) mass is 394 g/mol. The maximum atomic E-state index is 12.7. The van der Waals surface area contributed by atoms with Gasteiger partial charge in [-0.3, -0.25) is 13.9 Å². The topological polar surface area (TPSA) is 58.6 Å². The van der Waals surface area contributed by atoms with Crippen LogP contribution in [0.4, 0.5) is 0 Å². The first-order valence-corrected chi connectivity index (χ1v) is 11.6. The Labute approximate surface area is 161 Å². The number of benzene rings is 1. The van der Waals surface area contributed by atoms with Gasteiger partial charge in [-0.25, -0.2) is 0 Å². The van der Waals surface area contributed by atoms with Gasteiger partial charge < -0.3 is 10.1 Å². The molecule has 0 aliphatic carbocycles. The van der Waals surface area contributed by atoms with Gasteiger partial charge in [0.15, 0.2) is 0 Å². The Morgan fingerprint density at radius 3 is 2.81 bits per heavy atom. The van der Waals surface area contributed by atoms with Gasteiger partial charge in [0.2, 0.25) is 0 Å². The third-order valence-electron chi connectivity index (χ3n) is 4.54. The van der Waals surface area contributed by atoms with Crippen molar-refractivity contribution >= 4 is 38.1 Å². The molecule has 1 fully saturated rings. The highest BCUT2D eigenvalue weighted by atomic mass is 32.2. The molecule has 1 aliphatic heterocycles. The van der Waals surface area contributed by atoms with Gasteiger partial charge in [0.05, 0.1) is 23.8 Å². The fraction of sp³-hybridized carbons (Fsp3) is 0.526. The van der Waals surface area contributed by atoms with Crippen molar-refractivity contribution in [1.82, 2.24) is 10.2 Å². The highest BCUT2D eigenvalue weighted by molar-refractivity contribution is 7.83. The van der Waals surface area contributed by atoms with Crippen molar-refractivity contribution in [2.45, 2.75) is 18.6 Å². The zero-order chi connectivity index (χ0) is 18.4. The molecular formula is C19H26N2O3S2. The van der Waals surface area contributed by atoms with Crippen molar-refractivity contribution < 1.29 is 13.7 Å². The molecule has 0 bridgehead atoms. The largest absolute Gasteiger partial charge is 0.379 e. The number of hydrogen-bond donors (Lipinski definition) is 1. The molecule has 1 aromatic carbocycles. The average molecular weight is 395 g/mol. The number of morpholine rings is 1. The van der Waals surface area contributed by atoms with E-state index in [1.54, 1.807) is 6.26 Å². The first-order valence-electron chi connectivity index (χ1n) is 9.04. The Kier molecular flexibility index (Phi) is 7.19. The van der Waals surface area contributed by atoms with Crippen LogP contribution in [0.3, 0.4) is 0 Å². The van der Waals surface area contributed by atoms with Crippen LogP contribution >= 0.6 is 11.3 Å². The lowest BCUT2D eigenvalue weighted by atomic mass is 10.1. The Hall–Kier alpha value is -1.28. The SMILES string of the molecule is C[S@](=O)Cc1c(C(=O)NCCCCN2CCOCC2)sc2ccccc12. The van der Waals surface area contributed by atoms with Gasteiger partial charge in [-0.15, -0.1) is 11.3 Å². The molecule has 1 N–H and O–H groups in total. The predicted octanol–water partition coefficient (Wildman–Crippen LogP) is 2.62. The van der Waals surface area contributed by atoms with Gasteiger partial charge in [0, 0.05) is 41.4 Å². The second-order valence-corrected chi connectivity index (χ2v) is 9.03. The van der Waals surface area contributed by atoms with Crippen molar-refractivity contribution in [3.05, 3.63) is 34.7 Å². The summed E-state index contributed by atoms with van der Waals surface area (Å²) < 4.78 is 18.2. The zero-order valence-electron chi connectivity index (χ0n) is 15.2. The Bertz CT molecular complexity index is 769. The molecule has 0 radical (unpaired) electrons. The number of amides is 1. The van der Waals surface area contributed by atoms with Crippen LogP contribution in [0.5, 0.6) is 0 Å². The summed E-state index contributed by atoms with van der Waals surface area (Å²) in [6.07, 6.45) is 3.71. The van der Waals surface area contributed by atoms with E-state index < -0.39 is 10.8 Å². The number of fused-ring (bicyclic) bond motifs is 1. The fourth-order valence-electron chi connectivity index (χ4n) is 3.20. The predicted molar refractivity (Wildman–Crippen MR) is 108 cm³/mol. The van der Waals surface area contributed by atoms with Crippen LogP contribution in [-0.2, 0) is 21.3 Å². The Balaban J connectivity index is 1.54. The molecular weight excluding hydrogens is 368 g/mol. The lowest BCUT2D eigenvalue weighted by Gasteiger charge is -2.26. The fourth-order valence-corrected chi connectivity index (χ4v) is 5.13. The van der Waals surface area contributed by atoms with Gasteiger partial charge in [-0.05, 0) is 36.4 Å². The average Bonchev–Trinajstić information content (AvgIpc) is 3.00. The first-order chi connectivity index (χ1) is 12.6. The number of hydrogen-bond acceptors (Lipinski definition) is 5. The molecule has 0 unspecified atom stereocenters. The molecule has 142 valence electrons. The van der Waals surface area contributed by atoms with Gasteiger partial charge in [-0.1, -0.05) is 18.2 Å². The molecule has 5 nitrogen and oxygen atoms in total. The second-order valence-electron chi connectivity index (χ2n) is 6.54. The highest BCUT2D eigenvalue weighted by Crippen LogP contribution is 2.32. The van der Waals surface area contributed by atoms with E-state index >= 15 is 0 Å². The maximum absolute atomic E-state index is 12.7. The lowest BCUT2D eigenvalue weighted by Crippen LogP contribution is -2.37. The van der Waals surface area contributed by atoms with E-state index in [0.717, 1.165) is 61.3 Å². The lowest BCUT2D eigenvalue weighted by molar-refractivity contribution is 0.0372. The highest BCUT2D eigenvalue weighted by Gasteiger charge is 2.18. The van der Waals surface area contributed by atoms with E-state index in [4.69, 9.17) is 4.74 Å². The van der Waals surface area contributed by atoms with Crippen molar-refractivity contribution in [3.63, 3.8) is 0 Å². The number of rotatable bonds is 8. The van der Waals surface area contributed by atoms with Gasteiger partial charge in [-0.2, -0.15) is 0 Å². The molecule has 1 atom stereocenters. The summed E-state index contributed by atoms with van der Waals surface area (Å²) >= 11 is 1.49. The van der Waals surface area contributed by atoms with E-state index in [9.17, 15) is 9.00 Å². The van der Waals surface area contributed by atoms with Crippen LogP contribution < -0.4 is 5.32 Å². The number of carbonyl (C=O) groups excluding carboxylic acids is 1. The number of thiophene rings is 1. The number of unbranched alkanes of at least 4 members (excludes halogenated alkanes) is 1. The third-order valence-corrected chi connectivity index (χ3v) is 6.45. The van der Waals surface area contributed by atoms with Crippen LogP contribution in [-0.4, -0.2) is 60.7 Å². The number of nitrogens with zero attached hydrogens (tertiary/aromatic N) is 1. The van der Waals surface area contributed by atoms with E-state index in [-0.39, 0.29) is 5.91 Å². The summed E-state index contributed by atoms with van der Waals surface area (Å²) in [4.78, 5) is 15.8. The molecule has 1 saturated heterocycles. The molecule has 2 heterocycles. The molecule has 7 heteroatoms. The van der Waals surface area contributed by atoms with E-state index in [2.05, 4.69) is 10.2 Å². The smallest absolute Gasteiger partial charge is 0.261 e. The molecule has 26 heavy (non-hydrogen) atoms. The summed E-state index contributed by atoms with van der Waals surface area (Å²) in [5.74, 6) is 0.377. The van der Waals surface area contributed by atoms with Crippen LogP contribution in [0.15, 0.2) is 24.3 Å². The summed E-state index contributed by atoms with van der Waals surface area (Å²) in [6, 6.07) is 7.96. The van der Waals surface area contributed by atoms with Gasteiger partial charge >= 0.3 is 0 Å². The van der Waals surface area contributed by atoms with E-state index in [1.165, 1.54) is 11.3 Å².